The summed E-state index contributed by atoms with van der Waals surface area (Å²) in [5.74, 6) is 2.20. The van der Waals surface area contributed by atoms with Gasteiger partial charge in [0.15, 0.2) is 0 Å². The molecule has 2 aliphatic heterocycles. The van der Waals surface area contributed by atoms with Gasteiger partial charge in [-0.3, -0.25) is 5.32 Å². The summed E-state index contributed by atoms with van der Waals surface area (Å²) in [7, 11) is 0. The second-order valence-electron chi connectivity index (χ2n) is 6.31. The average molecular weight is 330 g/mol. The number of aromatic nitrogens is 4. The van der Waals surface area contributed by atoms with Gasteiger partial charge in [-0.15, -0.1) is 10.2 Å². The Bertz CT molecular complexity index is 744. The average Bonchev–Trinajstić information content (AvgIpc) is 3.20. The molecule has 2 aromatic rings. The van der Waals surface area contributed by atoms with Crippen molar-refractivity contribution in [2.75, 3.05) is 18.4 Å². The van der Waals surface area contributed by atoms with E-state index < -0.39 is 5.82 Å². The third kappa shape index (κ3) is 2.83. The SMILES string of the molecule is O=C(Nc1ccc(F)cn1)N1CCCC(c2nnc3n2CCC3)C1. The first kappa shape index (κ1) is 15.0. The lowest BCUT2D eigenvalue weighted by Crippen LogP contribution is -2.42. The van der Waals surface area contributed by atoms with Gasteiger partial charge in [-0.1, -0.05) is 0 Å². The second kappa shape index (κ2) is 6.18. The molecule has 2 amide bonds. The van der Waals surface area contributed by atoms with Gasteiger partial charge >= 0.3 is 6.03 Å². The van der Waals surface area contributed by atoms with Gasteiger partial charge in [0, 0.05) is 32.0 Å². The Hall–Kier alpha value is -2.51. The van der Waals surface area contributed by atoms with Crippen molar-refractivity contribution in [1.82, 2.24) is 24.6 Å². The van der Waals surface area contributed by atoms with E-state index in [0.717, 1.165) is 50.1 Å². The fourth-order valence-corrected chi connectivity index (χ4v) is 3.49. The number of hydrogen-bond acceptors (Lipinski definition) is 4. The van der Waals surface area contributed by atoms with E-state index in [4.69, 9.17) is 0 Å². The Kier molecular flexibility index (Phi) is 3.87. The molecule has 24 heavy (non-hydrogen) atoms. The Labute approximate surface area is 138 Å². The van der Waals surface area contributed by atoms with Crippen LogP contribution >= 0.6 is 0 Å². The van der Waals surface area contributed by atoms with Gasteiger partial charge in [0.25, 0.3) is 0 Å². The highest BCUT2D eigenvalue weighted by Gasteiger charge is 2.30. The fraction of sp³-hybridized carbons (Fsp3) is 0.500. The number of carbonyl (C=O) groups is 1. The summed E-state index contributed by atoms with van der Waals surface area (Å²) in [6.07, 6.45) is 5.13. The summed E-state index contributed by atoms with van der Waals surface area (Å²) < 4.78 is 15.1. The number of anilines is 1. The highest BCUT2D eigenvalue weighted by atomic mass is 19.1. The molecule has 0 bridgehead atoms. The zero-order chi connectivity index (χ0) is 16.5. The molecule has 2 aliphatic rings. The molecular weight excluding hydrogens is 311 g/mol. The van der Waals surface area contributed by atoms with Crippen LogP contribution in [0.25, 0.3) is 0 Å². The molecule has 1 atom stereocenters. The lowest BCUT2D eigenvalue weighted by Gasteiger charge is -2.32. The normalized spacial score (nSPS) is 20.0. The molecule has 1 saturated heterocycles. The summed E-state index contributed by atoms with van der Waals surface area (Å²) in [5, 5.41) is 11.3. The zero-order valence-electron chi connectivity index (χ0n) is 13.3. The third-order valence-electron chi connectivity index (χ3n) is 4.67. The highest BCUT2D eigenvalue weighted by molar-refractivity contribution is 5.88. The van der Waals surface area contributed by atoms with Crippen LogP contribution in [0.1, 0.15) is 36.8 Å². The topological polar surface area (TPSA) is 75.9 Å². The molecule has 126 valence electrons. The number of rotatable bonds is 2. The molecule has 1 N–H and O–H groups in total. The summed E-state index contributed by atoms with van der Waals surface area (Å²) in [4.78, 5) is 18.1. The van der Waals surface area contributed by atoms with Crippen molar-refractivity contribution in [2.24, 2.45) is 0 Å². The predicted molar refractivity (Wildman–Crippen MR) is 85.1 cm³/mol. The van der Waals surface area contributed by atoms with Crippen LogP contribution < -0.4 is 5.32 Å². The number of aryl methyl sites for hydroxylation is 1. The number of fused-ring (bicyclic) bond motifs is 1. The van der Waals surface area contributed by atoms with Crippen LogP contribution in [0.3, 0.4) is 0 Å². The quantitative estimate of drug-likeness (QED) is 0.915. The third-order valence-corrected chi connectivity index (χ3v) is 4.67. The van der Waals surface area contributed by atoms with Crippen molar-refractivity contribution in [3.05, 3.63) is 35.8 Å². The largest absolute Gasteiger partial charge is 0.324 e. The van der Waals surface area contributed by atoms with E-state index in [1.54, 1.807) is 4.90 Å². The molecule has 0 aromatic carbocycles. The maximum absolute atomic E-state index is 12.9. The minimum atomic E-state index is -0.424. The molecule has 0 radical (unpaired) electrons. The van der Waals surface area contributed by atoms with Crippen molar-refractivity contribution >= 4 is 11.8 Å². The van der Waals surface area contributed by atoms with Crippen molar-refractivity contribution < 1.29 is 9.18 Å². The molecular formula is C16H19FN6O. The first-order chi connectivity index (χ1) is 11.7. The Balaban J connectivity index is 1.44. The van der Waals surface area contributed by atoms with Crippen LogP contribution in [0.2, 0.25) is 0 Å². The number of halogens is 1. The van der Waals surface area contributed by atoms with Crippen LogP contribution in [0.5, 0.6) is 0 Å². The molecule has 2 aromatic heterocycles. The number of hydrogen-bond donors (Lipinski definition) is 1. The van der Waals surface area contributed by atoms with E-state index in [2.05, 4.69) is 25.1 Å². The van der Waals surface area contributed by atoms with Crippen molar-refractivity contribution in [3.8, 4) is 0 Å². The van der Waals surface area contributed by atoms with Gasteiger partial charge in [0.2, 0.25) is 0 Å². The van der Waals surface area contributed by atoms with Crippen LogP contribution in [0, 0.1) is 5.82 Å². The number of urea groups is 1. The molecule has 1 fully saturated rings. The van der Waals surface area contributed by atoms with Crippen LogP contribution in [-0.4, -0.2) is 43.8 Å². The van der Waals surface area contributed by atoms with Crippen molar-refractivity contribution in [1.29, 1.82) is 0 Å². The van der Waals surface area contributed by atoms with Crippen molar-refractivity contribution in [3.63, 3.8) is 0 Å². The highest BCUT2D eigenvalue weighted by Crippen LogP contribution is 2.28. The molecule has 8 heteroatoms. The molecule has 4 heterocycles. The maximum Gasteiger partial charge on any atom is 0.323 e. The minimum absolute atomic E-state index is 0.208. The van der Waals surface area contributed by atoms with Gasteiger partial charge in [-0.25, -0.2) is 14.2 Å². The summed E-state index contributed by atoms with van der Waals surface area (Å²) >= 11 is 0. The monoisotopic (exact) mass is 330 g/mol. The molecule has 4 rings (SSSR count). The van der Waals surface area contributed by atoms with Crippen LogP contribution in [-0.2, 0) is 13.0 Å². The Morgan fingerprint density at radius 2 is 2.17 bits per heavy atom. The van der Waals surface area contributed by atoms with E-state index in [1.165, 1.54) is 12.1 Å². The van der Waals surface area contributed by atoms with E-state index in [-0.39, 0.29) is 11.9 Å². The number of piperidine rings is 1. The van der Waals surface area contributed by atoms with Gasteiger partial charge in [-0.05, 0) is 31.4 Å². The van der Waals surface area contributed by atoms with E-state index >= 15 is 0 Å². The lowest BCUT2D eigenvalue weighted by molar-refractivity contribution is 0.190. The van der Waals surface area contributed by atoms with Crippen LogP contribution in [0.15, 0.2) is 18.3 Å². The molecule has 0 spiro atoms. The van der Waals surface area contributed by atoms with Gasteiger partial charge in [0.1, 0.15) is 23.3 Å². The van der Waals surface area contributed by atoms with Gasteiger partial charge in [0.05, 0.1) is 6.20 Å². The van der Waals surface area contributed by atoms with E-state index in [0.29, 0.717) is 18.9 Å². The van der Waals surface area contributed by atoms with E-state index in [9.17, 15) is 9.18 Å². The molecule has 0 aliphatic carbocycles. The summed E-state index contributed by atoms with van der Waals surface area (Å²) in [5.41, 5.74) is 0. The molecule has 1 unspecified atom stereocenters. The van der Waals surface area contributed by atoms with Gasteiger partial charge < -0.3 is 9.47 Å². The Morgan fingerprint density at radius 1 is 1.25 bits per heavy atom. The number of likely N-dealkylation sites (tertiary alicyclic amines) is 1. The fourth-order valence-electron chi connectivity index (χ4n) is 3.49. The summed E-state index contributed by atoms with van der Waals surface area (Å²) in [6.45, 7) is 2.29. The molecule has 7 nitrogen and oxygen atoms in total. The second-order valence-corrected chi connectivity index (χ2v) is 6.31. The van der Waals surface area contributed by atoms with Crippen molar-refractivity contribution in [2.45, 2.75) is 38.1 Å². The number of carbonyl (C=O) groups excluding carboxylic acids is 1. The van der Waals surface area contributed by atoms with Gasteiger partial charge in [-0.2, -0.15) is 0 Å². The lowest BCUT2D eigenvalue weighted by atomic mass is 9.97. The predicted octanol–water partition coefficient (Wildman–Crippen LogP) is 2.17. The number of nitrogens with one attached hydrogen (secondary N) is 1. The minimum Gasteiger partial charge on any atom is -0.324 e. The van der Waals surface area contributed by atoms with E-state index in [1.807, 2.05) is 0 Å². The first-order valence-corrected chi connectivity index (χ1v) is 8.30. The number of amides is 2. The standard InChI is InChI=1S/C16H19FN6O/c17-12-5-6-13(18-9-12)19-16(24)22-7-1-3-11(10-22)15-21-20-14-4-2-8-23(14)15/h5-6,9,11H,1-4,7-8,10H2,(H,18,19,24). The summed E-state index contributed by atoms with van der Waals surface area (Å²) in [6, 6.07) is 2.53. The molecule has 0 saturated carbocycles. The zero-order valence-corrected chi connectivity index (χ0v) is 13.3. The maximum atomic E-state index is 12.9. The number of nitrogens with zero attached hydrogens (tertiary/aromatic N) is 5. The smallest absolute Gasteiger partial charge is 0.323 e. The van der Waals surface area contributed by atoms with Crippen LogP contribution in [0.4, 0.5) is 15.0 Å². The number of pyridine rings is 1. The Morgan fingerprint density at radius 3 is 3.00 bits per heavy atom. The first-order valence-electron chi connectivity index (χ1n) is 8.30.